The summed E-state index contributed by atoms with van der Waals surface area (Å²) in [6.45, 7) is 6.96. The molecule has 1 amide bonds. The molecule has 0 aromatic rings. The van der Waals surface area contributed by atoms with E-state index in [9.17, 15) is 4.79 Å². The zero-order chi connectivity index (χ0) is 11.9. The Kier molecular flexibility index (Phi) is 2.97. The fourth-order valence-electron chi connectivity index (χ4n) is 2.64. The van der Waals surface area contributed by atoms with E-state index in [1.54, 1.807) is 7.11 Å². The van der Waals surface area contributed by atoms with Gasteiger partial charge in [-0.15, -0.1) is 0 Å². The van der Waals surface area contributed by atoms with Crippen LogP contribution in [-0.4, -0.2) is 42.3 Å². The normalized spacial score (nSPS) is 29.2. The topological polar surface area (TPSA) is 41.6 Å². The van der Waals surface area contributed by atoms with Crippen LogP contribution in [0.15, 0.2) is 0 Å². The highest BCUT2D eigenvalue weighted by molar-refractivity contribution is 5.92. The van der Waals surface area contributed by atoms with Gasteiger partial charge in [-0.05, 0) is 25.7 Å². The van der Waals surface area contributed by atoms with Gasteiger partial charge >= 0.3 is 0 Å². The lowest BCUT2D eigenvalue weighted by Crippen LogP contribution is -2.48. The predicted octanol–water partition coefficient (Wildman–Crippen LogP) is 0.968. The molecular weight excluding hydrogens is 204 g/mol. The number of ether oxygens (including phenoxy) is 1. The molecule has 0 aromatic carbocycles. The smallest absolute Gasteiger partial charge is 0.244 e. The fraction of sp³-hybridized carbons (Fsp3) is 0.917. The second kappa shape index (κ2) is 4.00. The predicted molar refractivity (Wildman–Crippen MR) is 61.9 cm³/mol. The maximum atomic E-state index is 12.3. The molecule has 1 saturated heterocycles. The first-order valence-electron chi connectivity index (χ1n) is 6.11. The molecule has 92 valence electrons. The summed E-state index contributed by atoms with van der Waals surface area (Å²) >= 11 is 0. The number of hydrogen-bond donors (Lipinski definition) is 1. The Morgan fingerprint density at radius 1 is 1.56 bits per heavy atom. The largest absolute Gasteiger partial charge is 0.383 e. The molecule has 2 aliphatic rings. The Labute approximate surface area is 97.3 Å². The SMILES string of the molecule is COCC(C(C)C)N1C(=O)C2(CC2)NC1C. The standard InChI is InChI=1S/C12H22N2O2/c1-8(2)10(7-16-4)14-9(3)13-12(5-6-12)11(14)15/h8-10,13H,5-7H2,1-4H3. The van der Waals surface area contributed by atoms with Gasteiger partial charge < -0.3 is 9.64 Å². The summed E-state index contributed by atoms with van der Waals surface area (Å²) in [5.41, 5.74) is -0.208. The average Bonchev–Trinajstić information content (AvgIpc) is 2.92. The summed E-state index contributed by atoms with van der Waals surface area (Å²) in [6, 6.07) is 0.181. The van der Waals surface area contributed by atoms with Crippen molar-refractivity contribution in [2.24, 2.45) is 5.92 Å². The Morgan fingerprint density at radius 2 is 2.19 bits per heavy atom. The molecule has 4 heteroatoms. The number of hydrogen-bond acceptors (Lipinski definition) is 3. The number of nitrogens with zero attached hydrogens (tertiary/aromatic N) is 1. The maximum absolute atomic E-state index is 12.3. The lowest BCUT2D eigenvalue weighted by atomic mass is 10.0. The monoisotopic (exact) mass is 226 g/mol. The first-order chi connectivity index (χ1) is 7.52. The second-order valence-electron chi connectivity index (χ2n) is 5.38. The molecule has 1 aliphatic carbocycles. The molecule has 2 unspecified atom stereocenters. The van der Waals surface area contributed by atoms with Gasteiger partial charge in [0.2, 0.25) is 5.91 Å². The number of rotatable bonds is 4. The van der Waals surface area contributed by atoms with E-state index in [-0.39, 0.29) is 23.7 Å². The van der Waals surface area contributed by atoms with Crippen molar-refractivity contribution in [3.05, 3.63) is 0 Å². The van der Waals surface area contributed by atoms with Crippen molar-refractivity contribution in [1.29, 1.82) is 0 Å². The van der Waals surface area contributed by atoms with Crippen molar-refractivity contribution in [2.75, 3.05) is 13.7 Å². The molecule has 2 atom stereocenters. The maximum Gasteiger partial charge on any atom is 0.244 e. The Bertz CT molecular complexity index is 287. The van der Waals surface area contributed by atoms with E-state index in [0.717, 1.165) is 12.8 Å². The van der Waals surface area contributed by atoms with E-state index in [1.807, 2.05) is 4.90 Å². The van der Waals surface area contributed by atoms with Crippen LogP contribution >= 0.6 is 0 Å². The zero-order valence-corrected chi connectivity index (χ0v) is 10.6. The summed E-state index contributed by atoms with van der Waals surface area (Å²) in [6.07, 6.45) is 2.12. The zero-order valence-electron chi connectivity index (χ0n) is 10.6. The average molecular weight is 226 g/mol. The van der Waals surface area contributed by atoms with Crippen LogP contribution in [0.1, 0.15) is 33.6 Å². The second-order valence-corrected chi connectivity index (χ2v) is 5.38. The fourth-order valence-corrected chi connectivity index (χ4v) is 2.64. The van der Waals surface area contributed by atoms with Crippen molar-refractivity contribution in [1.82, 2.24) is 10.2 Å². The van der Waals surface area contributed by atoms with E-state index in [0.29, 0.717) is 12.5 Å². The van der Waals surface area contributed by atoms with E-state index in [2.05, 4.69) is 26.1 Å². The van der Waals surface area contributed by atoms with Gasteiger partial charge in [0.05, 0.1) is 24.4 Å². The molecular formula is C12H22N2O2. The van der Waals surface area contributed by atoms with Crippen LogP contribution < -0.4 is 5.32 Å². The minimum Gasteiger partial charge on any atom is -0.383 e. The summed E-state index contributed by atoms with van der Waals surface area (Å²) in [5, 5.41) is 3.42. The number of carbonyl (C=O) groups excluding carboxylic acids is 1. The molecule has 0 bridgehead atoms. The van der Waals surface area contributed by atoms with Crippen molar-refractivity contribution in [3.8, 4) is 0 Å². The van der Waals surface area contributed by atoms with Crippen LogP contribution in [0.4, 0.5) is 0 Å². The third-order valence-corrected chi connectivity index (χ3v) is 3.76. The van der Waals surface area contributed by atoms with Crippen LogP contribution in [-0.2, 0) is 9.53 Å². The molecule has 0 radical (unpaired) electrons. The number of nitrogens with one attached hydrogen (secondary N) is 1. The third kappa shape index (κ3) is 1.74. The van der Waals surface area contributed by atoms with E-state index in [1.165, 1.54) is 0 Å². The van der Waals surface area contributed by atoms with Gasteiger partial charge in [0.25, 0.3) is 0 Å². The highest BCUT2D eigenvalue weighted by Gasteiger charge is 2.59. The van der Waals surface area contributed by atoms with Gasteiger partial charge in [0, 0.05) is 7.11 Å². The van der Waals surface area contributed by atoms with Gasteiger partial charge in [-0.1, -0.05) is 13.8 Å². The summed E-state index contributed by atoms with van der Waals surface area (Å²) in [7, 11) is 1.70. The minimum atomic E-state index is -0.208. The summed E-state index contributed by atoms with van der Waals surface area (Å²) in [5.74, 6) is 0.692. The number of amides is 1. The van der Waals surface area contributed by atoms with Crippen LogP contribution in [0.5, 0.6) is 0 Å². The molecule has 16 heavy (non-hydrogen) atoms. The van der Waals surface area contributed by atoms with Crippen LogP contribution in [0.3, 0.4) is 0 Å². The van der Waals surface area contributed by atoms with Crippen molar-refractivity contribution >= 4 is 5.91 Å². The van der Waals surface area contributed by atoms with E-state index in [4.69, 9.17) is 4.74 Å². The molecule has 1 heterocycles. The Morgan fingerprint density at radius 3 is 2.56 bits per heavy atom. The highest BCUT2D eigenvalue weighted by atomic mass is 16.5. The molecule has 2 rings (SSSR count). The van der Waals surface area contributed by atoms with Gasteiger partial charge in [-0.25, -0.2) is 0 Å². The van der Waals surface area contributed by atoms with Gasteiger partial charge in [-0.2, -0.15) is 0 Å². The summed E-state index contributed by atoms with van der Waals surface area (Å²) in [4.78, 5) is 14.3. The van der Waals surface area contributed by atoms with E-state index < -0.39 is 0 Å². The first-order valence-corrected chi connectivity index (χ1v) is 6.11. The van der Waals surface area contributed by atoms with Gasteiger partial charge in [-0.3, -0.25) is 10.1 Å². The van der Waals surface area contributed by atoms with Crippen LogP contribution in [0.2, 0.25) is 0 Å². The molecule has 1 aliphatic heterocycles. The van der Waals surface area contributed by atoms with Crippen molar-refractivity contribution in [3.63, 3.8) is 0 Å². The Hall–Kier alpha value is -0.610. The third-order valence-electron chi connectivity index (χ3n) is 3.76. The first kappa shape index (κ1) is 11.9. The lowest BCUT2D eigenvalue weighted by molar-refractivity contribution is -0.135. The number of methoxy groups -OCH3 is 1. The molecule has 1 saturated carbocycles. The van der Waals surface area contributed by atoms with Crippen LogP contribution in [0, 0.1) is 5.92 Å². The summed E-state index contributed by atoms with van der Waals surface area (Å²) < 4.78 is 5.24. The minimum absolute atomic E-state index is 0.137. The van der Waals surface area contributed by atoms with Crippen molar-refractivity contribution in [2.45, 2.75) is 51.4 Å². The van der Waals surface area contributed by atoms with E-state index >= 15 is 0 Å². The Balaban J connectivity index is 2.15. The quantitative estimate of drug-likeness (QED) is 0.776. The van der Waals surface area contributed by atoms with Gasteiger partial charge in [0.15, 0.2) is 0 Å². The molecule has 1 N–H and O–H groups in total. The molecule has 2 fully saturated rings. The molecule has 4 nitrogen and oxygen atoms in total. The van der Waals surface area contributed by atoms with Crippen LogP contribution in [0.25, 0.3) is 0 Å². The highest BCUT2D eigenvalue weighted by Crippen LogP contribution is 2.43. The lowest BCUT2D eigenvalue weighted by Gasteiger charge is -2.33. The number of carbonyl (C=O) groups is 1. The van der Waals surface area contributed by atoms with Gasteiger partial charge in [0.1, 0.15) is 0 Å². The van der Waals surface area contributed by atoms with Crippen molar-refractivity contribution < 1.29 is 9.53 Å². The molecule has 0 aromatic heterocycles. The molecule has 1 spiro atoms.